The van der Waals surface area contributed by atoms with Crippen LogP contribution in [0.2, 0.25) is 45.8 Å². The molecule has 0 aromatic heterocycles. The van der Waals surface area contributed by atoms with Crippen LogP contribution in [0.15, 0.2) is 0 Å². The maximum atomic E-state index is 6.03. The largest absolute Gasteiger partial charge is 0.440 e. The van der Waals surface area contributed by atoms with Gasteiger partial charge in [0.05, 0.1) is 0 Å². The van der Waals surface area contributed by atoms with E-state index in [-0.39, 0.29) is 14.9 Å². The standard InChI is InChI=1S/C7H22O2Si3.C2H6.2CH4/c1-10(2)8-12(6,7)9-11(3,4)5;1-2;;/h10H,1-7H3;1-2H3;2*1H4. The van der Waals surface area contributed by atoms with Crippen molar-refractivity contribution >= 4 is 25.9 Å². The third-order valence-corrected chi connectivity index (χ3v) is 9.64. The Kier molecular flexibility index (Phi) is 17.0. The molecule has 5 heteroatoms. The molecule has 2 nitrogen and oxygen atoms in total. The highest BCUT2D eigenvalue weighted by Gasteiger charge is 2.31. The molecule has 0 radical (unpaired) electrons. The van der Waals surface area contributed by atoms with Crippen molar-refractivity contribution in [3.8, 4) is 0 Å². The highest BCUT2D eigenvalue weighted by atomic mass is 28.5. The second-order valence-electron chi connectivity index (χ2n) is 4.78. The van der Waals surface area contributed by atoms with Gasteiger partial charge in [-0.2, -0.15) is 0 Å². The minimum atomic E-state index is -1.78. The lowest BCUT2D eigenvalue weighted by Crippen LogP contribution is -2.46. The van der Waals surface area contributed by atoms with Gasteiger partial charge in [0.2, 0.25) is 0 Å². The summed E-state index contributed by atoms with van der Waals surface area (Å²) < 4.78 is 11.9. The minimum Gasteiger partial charge on any atom is -0.440 e. The lowest BCUT2D eigenvalue weighted by Gasteiger charge is -2.32. The quantitative estimate of drug-likeness (QED) is 0.688. The van der Waals surface area contributed by atoms with Crippen LogP contribution in [0, 0.1) is 0 Å². The zero-order valence-electron chi connectivity index (χ0n) is 11.4. The number of rotatable bonds is 4. The Morgan fingerprint density at radius 1 is 0.812 bits per heavy atom. The first kappa shape index (κ1) is 25.4. The van der Waals surface area contributed by atoms with Gasteiger partial charge in [0, 0.05) is 0 Å². The molecular weight excluding hydrogens is 248 g/mol. The van der Waals surface area contributed by atoms with Crippen LogP contribution in [0.5, 0.6) is 0 Å². The van der Waals surface area contributed by atoms with E-state index in [2.05, 4.69) is 45.8 Å². The molecule has 0 aliphatic carbocycles. The molecule has 16 heavy (non-hydrogen) atoms. The Labute approximate surface area is 109 Å². The Hall–Kier alpha value is 0.571. The molecule has 0 atom stereocenters. The summed E-state index contributed by atoms with van der Waals surface area (Å²) in [5, 5.41) is 0. The van der Waals surface area contributed by atoms with E-state index in [1.807, 2.05) is 13.8 Å². The number of hydrogen-bond donors (Lipinski definition) is 0. The maximum absolute atomic E-state index is 6.03. The fraction of sp³-hybridized carbons (Fsp3) is 1.00. The topological polar surface area (TPSA) is 18.5 Å². The van der Waals surface area contributed by atoms with Crippen LogP contribution in [-0.4, -0.2) is 25.9 Å². The highest BCUT2D eigenvalue weighted by Crippen LogP contribution is 2.15. The van der Waals surface area contributed by atoms with Gasteiger partial charge in [0.15, 0.2) is 17.4 Å². The van der Waals surface area contributed by atoms with Gasteiger partial charge in [-0.3, -0.25) is 0 Å². The van der Waals surface area contributed by atoms with Gasteiger partial charge < -0.3 is 8.23 Å². The summed E-state index contributed by atoms with van der Waals surface area (Å²) in [7, 11) is -4.10. The molecule has 0 spiro atoms. The molecule has 0 bridgehead atoms. The monoisotopic (exact) mass is 284 g/mol. The summed E-state index contributed by atoms with van der Waals surface area (Å²) in [6.07, 6.45) is 0. The predicted octanol–water partition coefficient (Wildman–Crippen LogP) is 4.84. The van der Waals surface area contributed by atoms with Crippen molar-refractivity contribution in [1.29, 1.82) is 0 Å². The van der Waals surface area contributed by atoms with Crippen molar-refractivity contribution in [1.82, 2.24) is 0 Å². The Morgan fingerprint density at radius 3 is 1.31 bits per heavy atom. The average Bonchev–Trinajstić information content (AvgIpc) is 1.82. The zero-order chi connectivity index (χ0) is 12.0. The molecule has 0 fully saturated rings. The highest BCUT2D eigenvalue weighted by molar-refractivity contribution is 6.83. The molecule has 104 valence electrons. The van der Waals surface area contributed by atoms with E-state index in [1.54, 1.807) is 0 Å². The molecule has 0 N–H and O–H groups in total. The SMILES string of the molecule is C.C.CC.C[SiH](C)O[Si](C)(C)O[Si](C)(C)C. The fourth-order valence-corrected chi connectivity index (χ4v) is 12.4. The normalized spacial score (nSPS) is 10.9. The number of hydrogen-bond acceptors (Lipinski definition) is 2. The Morgan fingerprint density at radius 2 is 1.12 bits per heavy atom. The summed E-state index contributed by atoms with van der Waals surface area (Å²) in [6.45, 7) is 19.3. The summed E-state index contributed by atoms with van der Waals surface area (Å²) in [4.78, 5) is 0. The van der Waals surface area contributed by atoms with Crippen molar-refractivity contribution in [2.24, 2.45) is 0 Å². The lowest BCUT2D eigenvalue weighted by atomic mass is 11.0. The summed E-state index contributed by atoms with van der Waals surface area (Å²) in [5.41, 5.74) is 0. The van der Waals surface area contributed by atoms with Gasteiger partial charge in [0.25, 0.3) is 0 Å². The van der Waals surface area contributed by atoms with Crippen molar-refractivity contribution < 1.29 is 8.23 Å². The molecule has 0 saturated carbocycles. The summed E-state index contributed by atoms with van der Waals surface area (Å²) in [6, 6.07) is 0. The van der Waals surface area contributed by atoms with Crippen LogP contribution >= 0.6 is 0 Å². The van der Waals surface area contributed by atoms with Crippen LogP contribution in [0.25, 0.3) is 0 Å². The molecule has 0 aromatic rings. The van der Waals surface area contributed by atoms with E-state index in [0.29, 0.717) is 0 Å². The van der Waals surface area contributed by atoms with Gasteiger partial charge in [-0.25, -0.2) is 0 Å². The summed E-state index contributed by atoms with van der Waals surface area (Å²) >= 11 is 0. The van der Waals surface area contributed by atoms with Gasteiger partial charge in [-0.05, 0) is 45.8 Å². The molecule has 0 rings (SSSR count). The van der Waals surface area contributed by atoms with Crippen LogP contribution in [-0.2, 0) is 8.23 Å². The Bertz CT molecular complexity index is 143. The van der Waals surface area contributed by atoms with Crippen LogP contribution in [0.1, 0.15) is 28.7 Å². The maximum Gasteiger partial charge on any atom is 0.310 e. The van der Waals surface area contributed by atoms with Gasteiger partial charge >= 0.3 is 8.56 Å². The fourth-order valence-electron chi connectivity index (χ4n) is 1.33. The van der Waals surface area contributed by atoms with E-state index < -0.39 is 25.9 Å². The molecule has 0 aliphatic heterocycles. The van der Waals surface area contributed by atoms with Crippen molar-refractivity contribution in [2.75, 3.05) is 0 Å². The molecule has 0 amide bonds. The summed E-state index contributed by atoms with van der Waals surface area (Å²) in [5.74, 6) is 0. The molecular formula is C11H36O2Si3. The van der Waals surface area contributed by atoms with Crippen LogP contribution in [0.3, 0.4) is 0 Å². The van der Waals surface area contributed by atoms with E-state index in [1.165, 1.54) is 0 Å². The van der Waals surface area contributed by atoms with Crippen molar-refractivity contribution in [2.45, 2.75) is 74.5 Å². The lowest BCUT2D eigenvalue weighted by molar-refractivity contribution is 0.405. The average molecular weight is 285 g/mol. The van der Waals surface area contributed by atoms with E-state index >= 15 is 0 Å². The molecule has 0 heterocycles. The van der Waals surface area contributed by atoms with E-state index in [0.717, 1.165) is 0 Å². The van der Waals surface area contributed by atoms with E-state index in [9.17, 15) is 0 Å². The van der Waals surface area contributed by atoms with Crippen LogP contribution in [0.4, 0.5) is 0 Å². The third-order valence-electron chi connectivity index (χ3n) is 1.07. The molecule has 0 saturated heterocycles. The smallest absolute Gasteiger partial charge is 0.310 e. The van der Waals surface area contributed by atoms with E-state index in [4.69, 9.17) is 8.23 Å². The van der Waals surface area contributed by atoms with Gasteiger partial charge in [-0.15, -0.1) is 0 Å². The first-order valence-electron chi connectivity index (χ1n) is 5.50. The minimum absolute atomic E-state index is 0. The Balaban J connectivity index is -0.000000169. The van der Waals surface area contributed by atoms with Gasteiger partial charge in [0.1, 0.15) is 0 Å². The molecule has 0 aliphatic rings. The first-order valence-corrected chi connectivity index (χ1v) is 14.5. The van der Waals surface area contributed by atoms with Gasteiger partial charge in [-0.1, -0.05) is 28.7 Å². The second-order valence-corrected chi connectivity index (χ2v) is 15.7. The predicted molar refractivity (Wildman–Crippen MR) is 86.7 cm³/mol. The first-order chi connectivity index (χ1) is 6.12. The molecule has 0 aromatic carbocycles. The van der Waals surface area contributed by atoms with Crippen molar-refractivity contribution in [3.05, 3.63) is 0 Å². The zero-order valence-corrected chi connectivity index (χ0v) is 14.5. The third kappa shape index (κ3) is 20.0. The van der Waals surface area contributed by atoms with Crippen molar-refractivity contribution in [3.63, 3.8) is 0 Å². The molecule has 0 unspecified atom stereocenters. The second kappa shape index (κ2) is 10.7. The van der Waals surface area contributed by atoms with Crippen LogP contribution < -0.4 is 0 Å².